The molecule has 2 heterocycles. The summed E-state index contributed by atoms with van der Waals surface area (Å²) in [6, 6.07) is 8.67. The van der Waals surface area contributed by atoms with E-state index in [2.05, 4.69) is 0 Å². The first-order valence-corrected chi connectivity index (χ1v) is 10.8. The van der Waals surface area contributed by atoms with Gasteiger partial charge in [-0.05, 0) is 43.2 Å². The summed E-state index contributed by atoms with van der Waals surface area (Å²) in [7, 11) is 0. The summed E-state index contributed by atoms with van der Waals surface area (Å²) >= 11 is 13.3. The first-order valence-electron chi connectivity index (χ1n) is 9.21. The van der Waals surface area contributed by atoms with Crippen LogP contribution in [-0.2, 0) is 16.0 Å². The highest BCUT2D eigenvalue weighted by atomic mass is 35.5. The van der Waals surface area contributed by atoms with Crippen molar-refractivity contribution in [2.24, 2.45) is 0 Å². The monoisotopic (exact) mass is 457 g/mol. The molecular weight excluding hydrogens is 437 g/mol. The maximum atomic E-state index is 11.9. The van der Waals surface area contributed by atoms with Crippen molar-refractivity contribution < 1.29 is 24.2 Å². The molecule has 2 aromatic rings. The van der Waals surface area contributed by atoms with E-state index in [1.807, 2.05) is 11.0 Å². The van der Waals surface area contributed by atoms with E-state index in [1.165, 1.54) is 11.3 Å². The van der Waals surface area contributed by atoms with Gasteiger partial charge in [0.15, 0.2) is 0 Å². The van der Waals surface area contributed by atoms with E-state index >= 15 is 0 Å². The molecule has 1 N–H and O–H groups in total. The van der Waals surface area contributed by atoms with Gasteiger partial charge in [-0.2, -0.15) is 0 Å². The van der Waals surface area contributed by atoms with E-state index in [1.54, 1.807) is 24.3 Å². The van der Waals surface area contributed by atoms with Gasteiger partial charge < -0.3 is 19.5 Å². The van der Waals surface area contributed by atoms with Crippen molar-refractivity contribution >= 4 is 46.4 Å². The zero-order valence-corrected chi connectivity index (χ0v) is 17.9. The van der Waals surface area contributed by atoms with Gasteiger partial charge in [-0.1, -0.05) is 23.2 Å². The second-order valence-corrected chi connectivity index (χ2v) is 8.63. The van der Waals surface area contributed by atoms with Gasteiger partial charge in [-0.3, -0.25) is 4.79 Å². The number of esters is 1. The molecule has 0 aliphatic carbocycles. The van der Waals surface area contributed by atoms with Gasteiger partial charge in [0.2, 0.25) is 5.91 Å². The Kier molecular flexibility index (Phi) is 7.77. The predicted octanol–water partition coefficient (Wildman–Crippen LogP) is 3.82. The number of amides is 1. The molecule has 6 nitrogen and oxygen atoms in total. The maximum Gasteiger partial charge on any atom is 0.348 e. The molecule has 1 aromatic carbocycles. The fourth-order valence-electron chi connectivity index (χ4n) is 3.04. The second kappa shape index (κ2) is 10.3. The van der Waals surface area contributed by atoms with Crippen LogP contribution in [-0.4, -0.2) is 54.3 Å². The molecule has 0 radical (unpaired) electrons. The number of hydrogen-bond acceptors (Lipinski definition) is 6. The van der Waals surface area contributed by atoms with Crippen molar-refractivity contribution in [1.82, 2.24) is 4.90 Å². The molecule has 1 aromatic heterocycles. The molecule has 29 heavy (non-hydrogen) atoms. The van der Waals surface area contributed by atoms with E-state index in [4.69, 9.17) is 37.8 Å². The smallest absolute Gasteiger partial charge is 0.348 e. The first kappa shape index (κ1) is 21.9. The molecule has 1 saturated heterocycles. The van der Waals surface area contributed by atoms with Gasteiger partial charge in [0, 0.05) is 21.5 Å². The lowest BCUT2D eigenvalue weighted by Crippen LogP contribution is -2.55. The largest absolute Gasteiger partial charge is 0.491 e. The van der Waals surface area contributed by atoms with Crippen LogP contribution in [0, 0.1) is 0 Å². The van der Waals surface area contributed by atoms with Crippen LogP contribution in [0.25, 0.3) is 0 Å². The first-order chi connectivity index (χ1) is 14.0. The number of ether oxygens (including phenoxy) is 2. The van der Waals surface area contributed by atoms with Crippen LogP contribution in [0.3, 0.4) is 0 Å². The number of aliphatic hydroxyl groups excluding tert-OH is 1. The Morgan fingerprint density at radius 3 is 2.69 bits per heavy atom. The Bertz CT molecular complexity index is 852. The summed E-state index contributed by atoms with van der Waals surface area (Å²) in [5.74, 6) is 0.273. The molecule has 1 amide bonds. The van der Waals surface area contributed by atoms with Crippen LogP contribution < -0.4 is 4.74 Å². The lowest BCUT2D eigenvalue weighted by Gasteiger charge is -2.40. The molecule has 156 valence electrons. The number of aliphatic hydroxyl groups is 1. The molecule has 9 heteroatoms. The minimum Gasteiger partial charge on any atom is -0.491 e. The number of nitrogens with zero attached hydrogens (tertiary/aromatic N) is 1. The SMILES string of the molecule is O=C(OCCO)c1ccc(CCCN2C(=O)C[C@@H]2COc2cc(Cl)cc(Cl)c2)s1. The van der Waals surface area contributed by atoms with Gasteiger partial charge >= 0.3 is 5.97 Å². The van der Waals surface area contributed by atoms with Gasteiger partial charge in [0.05, 0.1) is 19.1 Å². The van der Waals surface area contributed by atoms with Crippen molar-refractivity contribution in [1.29, 1.82) is 0 Å². The Morgan fingerprint density at radius 1 is 1.24 bits per heavy atom. The number of likely N-dealkylation sites (tertiary alicyclic amines) is 1. The zero-order valence-electron chi connectivity index (χ0n) is 15.6. The number of rotatable bonds is 10. The number of thiophene rings is 1. The van der Waals surface area contributed by atoms with Crippen LogP contribution in [0.1, 0.15) is 27.4 Å². The summed E-state index contributed by atoms with van der Waals surface area (Å²) in [5.41, 5.74) is 0. The van der Waals surface area contributed by atoms with Crippen LogP contribution in [0.15, 0.2) is 30.3 Å². The number of carbonyl (C=O) groups is 2. The highest BCUT2D eigenvalue weighted by molar-refractivity contribution is 7.13. The highest BCUT2D eigenvalue weighted by Gasteiger charge is 2.35. The molecule has 1 aliphatic rings. The molecule has 0 bridgehead atoms. The predicted molar refractivity (Wildman–Crippen MR) is 112 cm³/mol. The molecule has 3 rings (SSSR count). The molecule has 0 saturated carbocycles. The van der Waals surface area contributed by atoms with Crippen molar-refractivity contribution in [3.05, 3.63) is 50.1 Å². The van der Waals surface area contributed by atoms with E-state index in [9.17, 15) is 9.59 Å². The third-order valence-electron chi connectivity index (χ3n) is 4.46. The summed E-state index contributed by atoms with van der Waals surface area (Å²) in [6.45, 7) is 0.824. The lowest BCUT2D eigenvalue weighted by molar-refractivity contribution is -0.147. The van der Waals surface area contributed by atoms with Gasteiger partial charge in [-0.25, -0.2) is 4.79 Å². The average molecular weight is 458 g/mol. The van der Waals surface area contributed by atoms with E-state index in [0.29, 0.717) is 40.2 Å². The third kappa shape index (κ3) is 6.09. The van der Waals surface area contributed by atoms with Gasteiger partial charge in [0.25, 0.3) is 0 Å². The van der Waals surface area contributed by atoms with Crippen molar-refractivity contribution in [3.63, 3.8) is 0 Å². The number of aryl methyl sites for hydroxylation is 1. The molecule has 1 atom stereocenters. The number of hydrogen-bond donors (Lipinski definition) is 1. The van der Waals surface area contributed by atoms with Crippen LogP contribution in [0.2, 0.25) is 10.0 Å². The third-order valence-corrected chi connectivity index (χ3v) is 6.02. The van der Waals surface area contributed by atoms with Crippen LogP contribution >= 0.6 is 34.5 Å². The summed E-state index contributed by atoms with van der Waals surface area (Å²) in [4.78, 5) is 27.1. The number of carbonyl (C=O) groups excluding carboxylic acids is 2. The standard InChI is InChI=1S/C20H21Cl2NO5S/c21-13-8-14(22)10-16(9-13)28-12-15-11-19(25)23(15)5-1-2-17-3-4-18(29-17)20(26)27-7-6-24/h3-4,8-10,15,24H,1-2,5-7,11-12H2/t15-/m1/s1. The molecule has 0 spiro atoms. The van der Waals surface area contributed by atoms with Crippen LogP contribution in [0.4, 0.5) is 0 Å². The summed E-state index contributed by atoms with van der Waals surface area (Å²) < 4.78 is 10.7. The van der Waals surface area contributed by atoms with Gasteiger partial charge in [-0.15, -0.1) is 11.3 Å². The average Bonchev–Trinajstić information content (AvgIpc) is 3.14. The van der Waals surface area contributed by atoms with Crippen LogP contribution in [0.5, 0.6) is 5.75 Å². The number of benzene rings is 1. The molecule has 1 aliphatic heterocycles. The Labute approximate surface area is 182 Å². The molecular formula is C20H21Cl2NO5S. The topological polar surface area (TPSA) is 76.1 Å². The maximum absolute atomic E-state index is 11.9. The number of β-lactam (4-membered cyclic amide) rings is 1. The Morgan fingerprint density at radius 2 is 2.00 bits per heavy atom. The van der Waals surface area contributed by atoms with Gasteiger partial charge in [0.1, 0.15) is 23.8 Å². The van der Waals surface area contributed by atoms with Crippen molar-refractivity contribution in [2.45, 2.75) is 25.3 Å². The minimum absolute atomic E-state index is 0.00596. The fraction of sp³-hybridized carbons (Fsp3) is 0.400. The normalized spacial score (nSPS) is 15.9. The van der Waals surface area contributed by atoms with Crippen molar-refractivity contribution in [2.75, 3.05) is 26.4 Å². The highest BCUT2D eigenvalue weighted by Crippen LogP contribution is 2.27. The summed E-state index contributed by atoms with van der Waals surface area (Å²) in [6.07, 6.45) is 2.02. The number of halogens is 2. The van der Waals surface area contributed by atoms with E-state index in [0.717, 1.165) is 17.7 Å². The summed E-state index contributed by atoms with van der Waals surface area (Å²) in [5, 5.41) is 9.72. The second-order valence-electron chi connectivity index (χ2n) is 6.59. The minimum atomic E-state index is -0.424. The van der Waals surface area contributed by atoms with Crippen molar-refractivity contribution in [3.8, 4) is 5.75 Å². The Balaban J connectivity index is 1.43. The molecule has 0 unspecified atom stereocenters. The zero-order chi connectivity index (χ0) is 20.8. The lowest BCUT2D eigenvalue weighted by atomic mass is 10.0. The quantitative estimate of drug-likeness (QED) is 0.433. The Hall–Kier alpha value is -1.80. The molecule has 1 fully saturated rings. The van der Waals surface area contributed by atoms with E-state index < -0.39 is 5.97 Å². The fourth-order valence-corrected chi connectivity index (χ4v) is 4.49. The van der Waals surface area contributed by atoms with E-state index in [-0.39, 0.29) is 25.2 Å².